The van der Waals surface area contributed by atoms with Gasteiger partial charge in [-0.2, -0.15) is 0 Å². The molecule has 0 aliphatic rings. The van der Waals surface area contributed by atoms with Crippen LogP contribution in [0.25, 0.3) is 34.2 Å². The average Bonchev–Trinajstić information content (AvgIpc) is 2.86. The van der Waals surface area contributed by atoms with E-state index in [1.54, 1.807) is 0 Å². The molecule has 0 unspecified atom stereocenters. The molecule has 0 atom stereocenters. The van der Waals surface area contributed by atoms with Crippen LogP contribution in [-0.4, -0.2) is 34.8 Å². The van der Waals surface area contributed by atoms with Crippen molar-refractivity contribution in [2.75, 3.05) is 19.8 Å². The maximum atomic E-state index is 5.57. The Hall–Kier alpha value is -3.93. The smallest absolute Gasteiger partial charge is 0.164 e. The molecule has 4 aromatic rings. The Bertz CT molecular complexity index is 1010. The van der Waals surface area contributed by atoms with Crippen molar-refractivity contribution in [1.82, 2.24) is 15.0 Å². The van der Waals surface area contributed by atoms with Crippen LogP contribution in [0.1, 0.15) is 20.8 Å². The van der Waals surface area contributed by atoms with Gasteiger partial charge in [0.05, 0.1) is 19.8 Å². The molecule has 0 bridgehead atoms. The molecule has 0 aliphatic heterocycles. The first kappa shape index (κ1) is 22.3. The summed E-state index contributed by atoms with van der Waals surface area (Å²) in [5.41, 5.74) is 2.67. The van der Waals surface area contributed by atoms with Gasteiger partial charge in [-0.3, -0.25) is 0 Å². The third kappa shape index (κ3) is 5.47. The van der Waals surface area contributed by atoms with E-state index in [4.69, 9.17) is 29.2 Å². The highest BCUT2D eigenvalue weighted by molar-refractivity contribution is 5.67. The van der Waals surface area contributed by atoms with Gasteiger partial charge >= 0.3 is 0 Å². The standard InChI is InChI=1S/C27H27N3O3/c1-4-31-22-13-7-19(8-14-22)25-28-26(20-9-15-23(16-10-20)32-5-2)30-27(29-25)21-11-17-24(18-12-21)33-6-3/h7-18H,4-6H2,1-3H3. The van der Waals surface area contributed by atoms with E-state index in [1.165, 1.54) is 0 Å². The van der Waals surface area contributed by atoms with Crippen LogP contribution in [0.5, 0.6) is 17.2 Å². The number of rotatable bonds is 9. The molecule has 0 spiro atoms. The molecular weight excluding hydrogens is 414 g/mol. The van der Waals surface area contributed by atoms with Crippen molar-refractivity contribution >= 4 is 0 Å². The molecule has 1 heterocycles. The van der Waals surface area contributed by atoms with Crippen LogP contribution in [0.2, 0.25) is 0 Å². The van der Waals surface area contributed by atoms with Gasteiger partial charge in [-0.1, -0.05) is 0 Å². The Morgan fingerprint density at radius 3 is 0.879 bits per heavy atom. The van der Waals surface area contributed by atoms with Crippen LogP contribution >= 0.6 is 0 Å². The predicted octanol–water partition coefficient (Wildman–Crippen LogP) is 6.07. The summed E-state index contributed by atoms with van der Waals surface area (Å²) in [6.45, 7) is 7.75. The second-order valence-corrected chi connectivity index (χ2v) is 7.18. The maximum Gasteiger partial charge on any atom is 0.164 e. The first-order valence-electron chi connectivity index (χ1n) is 11.2. The average molecular weight is 442 g/mol. The van der Waals surface area contributed by atoms with E-state index in [1.807, 2.05) is 93.6 Å². The van der Waals surface area contributed by atoms with Crippen LogP contribution in [0, 0.1) is 0 Å². The lowest BCUT2D eigenvalue weighted by Crippen LogP contribution is -2.00. The van der Waals surface area contributed by atoms with Crippen LogP contribution in [0.4, 0.5) is 0 Å². The maximum absolute atomic E-state index is 5.57. The Morgan fingerprint density at radius 1 is 0.424 bits per heavy atom. The number of nitrogens with zero attached hydrogens (tertiary/aromatic N) is 3. The molecule has 0 aliphatic carbocycles. The Labute approximate surface area is 194 Å². The molecule has 0 saturated carbocycles. The van der Waals surface area contributed by atoms with Crippen molar-refractivity contribution in [3.05, 3.63) is 72.8 Å². The van der Waals surface area contributed by atoms with E-state index in [9.17, 15) is 0 Å². The molecule has 0 fully saturated rings. The fraction of sp³-hybridized carbons (Fsp3) is 0.222. The zero-order chi connectivity index (χ0) is 23.0. The van der Waals surface area contributed by atoms with E-state index >= 15 is 0 Å². The Morgan fingerprint density at radius 2 is 0.667 bits per heavy atom. The minimum absolute atomic E-state index is 0.598. The molecule has 3 aromatic carbocycles. The summed E-state index contributed by atoms with van der Waals surface area (Å²) in [5.74, 6) is 4.23. The zero-order valence-corrected chi connectivity index (χ0v) is 19.1. The van der Waals surface area contributed by atoms with Gasteiger partial charge in [0.15, 0.2) is 17.5 Å². The van der Waals surface area contributed by atoms with Crippen molar-refractivity contribution in [2.45, 2.75) is 20.8 Å². The third-order valence-corrected chi connectivity index (χ3v) is 4.91. The second kappa shape index (κ2) is 10.6. The van der Waals surface area contributed by atoms with Crippen LogP contribution in [0.3, 0.4) is 0 Å². The lowest BCUT2D eigenvalue weighted by Gasteiger charge is -2.10. The Kier molecular flexibility index (Phi) is 7.15. The van der Waals surface area contributed by atoms with Crippen molar-refractivity contribution in [3.63, 3.8) is 0 Å². The first-order chi connectivity index (χ1) is 16.2. The van der Waals surface area contributed by atoms with Crippen LogP contribution in [0.15, 0.2) is 72.8 Å². The SMILES string of the molecule is CCOc1ccc(-c2nc(-c3ccc(OCC)cc3)nc(-c3ccc(OCC)cc3)n2)cc1. The van der Waals surface area contributed by atoms with Crippen LogP contribution < -0.4 is 14.2 Å². The second-order valence-electron chi connectivity index (χ2n) is 7.18. The highest BCUT2D eigenvalue weighted by Crippen LogP contribution is 2.27. The van der Waals surface area contributed by atoms with E-state index in [0.717, 1.165) is 33.9 Å². The van der Waals surface area contributed by atoms with E-state index in [-0.39, 0.29) is 0 Å². The van der Waals surface area contributed by atoms with Crippen molar-refractivity contribution in [1.29, 1.82) is 0 Å². The first-order valence-corrected chi connectivity index (χ1v) is 11.2. The molecule has 6 nitrogen and oxygen atoms in total. The van der Waals surface area contributed by atoms with Gasteiger partial charge in [0.2, 0.25) is 0 Å². The van der Waals surface area contributed by atoms with E-state index in [0.29, 0.717) is 37.3 Å². The monoisotopic (exact) mass is 441 g/mol. The number of hydrogen-bond acceptors (Lipinski definition) is 6. The topological polar surface area (TPSA) is 66.4 Å². The number of ether oxygens (including phenoxy) is 3. The summed E-state index contributed by atoms with van der Waals surface area (Å²) in [6.07, 6.45) is 0. The molecule has 4 rings (SSSR count). The number of hydrogen-bond donors (Lipinski definition) is 0. The predicted molar refractivity (Wildman–Crippen MR) is 130 cm³/mol. The molecule has 6 heteroatoms. The van der Waals surface area contributed by atoms with E-state index in [2.05, 4.69) is 0 Å². The molecule has 0 saturated heterocycles. The number of aromatic nitrogens is 3. The lowest BCUT2D eigenvalue weighted by atomic mass is 10.1. The third-order valence-electron chi connectivity index (χ3n) is 4.91. The molecule has 0 amide bonds. The Balaban J connectivity index is 1.76. The highest BCUT2D eigenvalue weighted by atomic mass is 16.5. The molecule has 33 heavy (non-hydrogen) atoms. The number of benzene rings is 3. The summed E-state index contributed by atoms with van der Waals surface area (Å²) >= 11 is 0. The minimum atomic E-state index is 0.598. The van der Waals surface area contributed by atoms with Gasteiger partial charge in [-0.05, 0) is 93.6 Å². The highest BCUT2D eigenvalue weighted by Gasteiger charge is 2.13. The van der Waals surface area contributed by atoms with Gasteiger partial charge in [-0.15, -0.1) is 0 Å². The van der Waals surface area contributed by atoms with Gasteiger partial charge in [0.25, 0.3) is 0 Å². The lowest BCUT2D eigenvalue weighted by molar-refractivity contribution is 0.340. The molecule has 0 N–H and O–H groups in total. The molecule has 168 valence electrons. The van der Waals surface area contributed by atoms with Gasteiger partial charge in [0, 0.05) is 16.7 Å². The van der Waals surface area contributed by atoms with Crippen molar-refractivity contribution in [3.8, 4) is 51.4 Å². The van der Waals surface area contributed by atoms with Gasteiger partial charge in [-0.25, -0.2) is 15.0 Å². The normalized spacial score (nSPS) is 10.6. The summed E-state index contributed by atoms with van der Waals surface area (Å²) in [4.78, 5) is 14.3. The molecule has 0 radical (unpaired) electrons. The fourth-order valence-corrected chi connectivity index (χ4v) is 3.36. The summed E-state index contributed by atoms with van der Waals surface area (Å²) < 4.78 is 16.7. The fourth-order valence-electron chi connectivity index (χ4n) is 3.36. The summed E-state index contributed by atoms with van der Waals surface area (Å²) in [6, 6.07) is 23.3. The minimum Gasteiger partial charge on any atom is -0.494 e. The summed E-state index contributed by atoms with van der Waals surface area (Å²) in [5, 5.41) is 0. The zero-order valence-electron chi connectivity index (χ0n) is 19.1. The summed E-state index contributed by atoms with van der Waals surface area (Å²) in [7, 11) is 0. The van der Waals surface area contributed by atoms with Gasteiger partial charge < -0.3 is 14.2 Å². The largest absolute Gasteiger partial charge is 0.494 e. The molecular formula is C27H27N3O3. The van der Waals surface area contributed by atoms with Crippen molar-refractivity contribution in [2.24, 2.45) is 0 Å². The van der Waals surface area contributed by atoms with Gasteiger partial charge in [0.1, 0.15) is 17.2 Å². The van der Waals surface area contributed by atoms with Crippen molar-refractivity contribution < 1.29 is 14.2 Å². The van der Waals surface area contributed by atoms with E-state index < -0.39 is 0 Å². The quantitative estimate of drug-likeness (QED) is 0.314. The molecule has 1 aromatic heterocycles. The van der Waals surface area contributed by atoms with Crippen LogP contribution in [-0.2, 0) is 0 Å².